The summed E-state index contributed by atoms with van der Waals surface area (Å²) < 4.78 is 52.2. The lowest BCUT2D eigenvalue weighted by atomic mass is 10.1. The van der Waals surface area contributed by atoms with Gasteiger partial charge in [-0.2, -0.15) is 13.2 Å². The third kappa shape index (κ3) is 3.84. The van der Waals surface area contributed by atoms with Crippen molar-refractivity contribution in [3.8, 4) is 0 Å². The Morgan fingerprint density at radius 1 is 1.17 bits per heavy atom. The van der Waals surface area contributed by atoms with Gasteiger partial charge in [0.05, 0.1) is 5.56 Å². The van der Waals surface area contributed by atoms with Crippen LogP contribution in [0.2, 0.25) is 0 Å². The Bertz CT molecular complexity index is 754. The lowest BCUT2D eigenvalue weighted by Gasteiger charge is -2.19. The van der Waals surface area contributed by atoms with E-state index in [0.717, 1.165) is 24.1 Å². The van der Waals surface area contributed by atoms with Gasteiger partial charge in [0.15, 0.2) is 5.82 Å². The van der Waals surface area contributed by atoms with Gasteiger partial charge in [-0.1, -0.05) is 25.1 Å². The zero-order chi connectivity index (χ0) is 17.9. The number of rotatable bonds is 3. The first-order valence-electron chi connectivity index (χ1n) is 7.26. The van der Waals surface area contributed by atoms with Crippen LogP contribution in [-0.4, -0.2) is 13.0 Å². The van der Waals surface area contributed by atoms with Gasteiger partial charge in [-0.15, -0.1) is 0 Å². The second-order valence-electron chi connectivity index (χ2n) is 5.19. The van der Waals surface area contributed by atoms with Gasteiger partial charge in [-0.25, -0.2) is 9.38 Å². The fourth-order valence-electron chi connectivity index (χ4n) is 2.14. The summed E-state index contributed by atoms with van der Waals surface area (Å²) in [6.07, 6.45) is -3.97. The summed E-state index contributed by atoms with van der Waals surface area (Å²) in [5.41, 5.74) is 5.78. The van der Waals surface area contributed by atoms with E-state index in [-0.39, 0.29) is 5.96 Å². The molecule has 2 rings (SSSR count). The fraction of sp³-hybridized carbons (Fsp3) is 0.235. The van der Waals surface area contributed by atoms with E-state index < -0.39 is 23.2 Å². The lowest BCUT2D eigenvalue weighted by molar-refractivity contribution is -0.139. The standard InChI is InChI=1S/C17H17F4N3/c1-3-11-6-4-7-12(10-11)24(2)16(22)23-14-9-5-8-13(15(14)18)17(19,20)21/h4-10H,3H2,1-2H3,(H2,22,23). The molecule has 2 N–H and O–H groups in total. The van der Waals surface area contributed by atoms with Gasteiger partial charge < -0.3 is 10.6 Å². The topological polar surface area (TPSA) is 41.6 Å². The van der Waals surface area contributed by atoms with E-state index in [1.165, 1.54) is 4.90 Å². The van der Waals surface area contributed by atoms with Gasteiger partial charge in [0.25, 0.3) is 0 Å². The predicted octanol–water partition coefficient (Wildman–Crippen LogP) is 4.49. The van der Waals surface area contributed by atoms with Crippen LogP contribution in [0.3, 0.4) is 0 Å². The van der Waals surface area contributed by atoms with Crippen molar-refractivity contribution in [1.82, 2.24) is 0 Å². The highest BCUT2D eigenvalue weighted by atomic mass is 19.4. The Labute approximate surface area is 137 Å². The van der Waals surface area contributed by atoms with Crippen LogP contribution in [0.1, 0.15) is 18.1 Å². The van der Waals surface area contributed by atoms with Crippen molar-refractivity contribution >= 4 is 17.3 Å². The highest BCUT2D eigenvalue weighted by molar-refractivity contribution is 5.96. The van der Waals surface area contributed by atoms with E-state index in [1.807, 2.05) is 25.1 Å². The number of hydrogen-bond acceptors (Lipinski definition) is 1. The van der Waals surface area contributed by atoms with Gasteiger partial charge in [-0.05, 0) is 36.2 Å². The molecule has 0 atom stereocenters. The molecule has 0 radical (unpaired) electrons. The van der Waals surface area contributed by atoms with E-state index in [4.69, 9.17) is 5.73 Å². The molecule has 0 aliphatic heterocycles. The number of guanidine groups is 1. The first kappa shape index (κ1) is 17.8. The average molecular weight is 339 g/mol. The molecule has 2 aromatic carbocycles. The van der Waals surface area contributed by atoms with E-state index in [2.05, 4.69) is 4.99 Å². The number of anilines is 1. The molecule has 0 saturated heterocycles. The Morgan fingerprint density at radius 3 is 2.46 bits per heavy atom. The number of alkyl halides is 3. The largest absolute Gasteiger partial charge is 0.419 e. The van der Waals surface area contributed by atoms with Crippen LogP contribution in [0.15, 0.2) is 47.5 Å². The Balaban J connectivity index is 2.37. The summed E-state index contributed by atoms with van der Waals surface area (Å²) in [6, 6.07) is 10.3. The second kappa shape index (κ2) is 6.90. The zero-order valence-electron chi connectivity index (χ0n) is 13.2. The maximum atomic E-state index is 14.0. The quantitative estimate of drug-likeness (QED) is 0.509. The van der Waals surface area contributed by atoms with Crippen molar-refractivity contribution < 1.29 is 17.6 Å². The molecule has 128 valence electrons. The SMILES string of the molecule is CCc1cccc(N(C)C(N)=Nc2cccc(C(F)(F)F)c2F)c1. The molecule has 0 spiro atoms. The fourth-order valence-corrected chi connectivity index (χ4v) is 2.14. The van der Waals surface area contributed by atoms with Crippen molar-refractivity contribution in [3.63, 3.8) is 0 Å². The first-order chi connectivity index (χ1) is 11.2. The maximum absolute atomic E-state index is 14.0. The summed E-state index contributed by atoms with van der Waals surface area (Å²) in [4.78, 5) is 5.29. The van der Waals surface area contributed by atoms with Crippen LogP contribution in [0.4, 0.5) is 28.9 Å². The number of benzene rings is 2. The number of nitrogens with two attached hydrogens (primary N) is 1. The lowest BCUT2D eigenvalue weighted by Crippen LogP contribution is -2.33. The minimum Gasteiger partial charge on any atom is -0.369 e. The minimum absolute atomic E-state index is 0.110. The summed E-state index contributed by atoms with van der Waals surface area (Å²) in [7, 11) is 1.61. The molecule has 0 amide bonds. The summed E-state index contributed by atoms with van der Waals surface area (Å²) in [5, 5.41) is 0. The Hall–Kier alpha value is -2.57. The van der Waals surface area contributed by atoms with E-state index in [9.17, 15) is 17.6 Å². The first-order valence-corrected chi connectivity index (χ1v) is 7.26. The van der Waals surface area contributed by atoms with Crippen molar-refractivity contribution in [2.75, 3.05) is 11.9 Å². The number of nitrogens with zero attached hydrogens (tertiary/aromatic N) is 2. The molecule has 0 aromatic heterocycles. The molecule has 0 bridgehead atoms. The van der Waals surface area contributed by atoms with E-state index in [0.29, 0.717) is 11.8 Å². The van der Waals surface area contributed by atoms with Crippen LogP contribution in [0.25, 0.3) is 0 Å². The van der Waals surface area contributed by atoms with E-state index >= 15 is 0 Å². The van der Waals surface area contributed by atoms with Gasteiger partial charge in [-0.3, -0.25) is 0 Å². The van der Waals surface area contributed by atoms with Crippen molar-refractivity contribution in [3.05, 3.63) is 59.4 Å². The molecule has 0 aliphatic rings. The number of halogens is 4. The molecule has 7 heteroatoms. The predicted molar refractivity (Wildman–Crippen MR) is 86.9 cm³/mol. The molecule has 0 aliphatic carbocycles. The number of aliphatic imine (C=N–C) groups is 1. The Kier molecular flexibility index (Phi) is 5.11. The van der Waals surface area contributed by atoms with Crippen LogP contribution in [0.5, 0.6) is 0 Å². The molecule has 0 unspecified atom stereocenters. The minimum atomic E-state index is -4.79. The smallest absolute Gasteiger partial charge is 0.369 e. The highest BCUT2D eigenvalue weighted by Crippen LogP contribution is 2.34. The summed E-state index contributed by atoms with van der Waals surface area (Å²) >= 11 is 0. The third-order valence-corrected chi connectivity index (χ3v) is 3.57. The molecule has 0 fully saturated rings. The van der Waals surface area contributed by atoms with Crippen molar-refractivity contribution in [1.29, 1.82) is 0 Å². The van der Waals surface area contributed by atoms with Gasteiger partial charge >= 0.3 is 6.18 Å². The molecule has 0 heterocycles. The number of hydrogen-bond donors (Lipinski definition) is 1. The molecular formula is C17H17F4N3. The maximum Gasteiger partial charge on any atom is 0.419 e. The second-order valence-corrected chi connectivity index (χ2v) is 5.19. The Morgan fingerprint density at radius 2 is 1.83 bits per heavy atom. The summed E-state index contributed by atoms with van der Waals surface area (Å²) in [5.74, 6) is -1.55. The highest BCUT2D eigenvalue weighted by Gasteiger charge is 2.34. The van der Waals surface area contributed by atoms with Crippen LogP contribution in [-0.2, 0) is 12.6 Å². The van der Waals surface area contributed by atoms with Crippen LogP contribution < -0.4 is 10.6 Å². The van der Waals surface area contributed by atoms with Crippen molar-refractivity contribution in [2.45, 2.75) is 19.5 Å². The summed E-state index contributed by atoms with van der Waals surface area (Å²) in [6.45, 7) is 1.99. The molecule has 24 heavy (non-hydrogen) atoms. The third-order valence-electron chi connectivity index (χ3n) is 3.57. The normalized spacial score (nSPS) is 12.3. The molecular weight excluding hydrogens is 322 g/mol. The number of aryl methyl sites for hydroxylation is 1. The van der Waals surface area contributed by atoms with E-state index in [1.54, 1.807) is 13.1 Å². The van der Waals surface area contributed by atoms with Crippen LogP contribution in [0, 0.1) is 5.82 Å². The molecule has 0 saturated carbocycles. The van der Waals surface area contributed by atoms with Crippen molar-refractivity contribution in [2.24, 2.45) is 10.7 Å². The van der Waals surface area contributed by atoms with Crippen LogP contribution >= 0.6 is 0 Å². The molecule has 3 nitrogen and oxygen atoms in total. The average Bonchev–Trinajstić information content (AvgIpc) is 2.55. The van der Waals surface area contributed by atoms with Gasteiger partial charge in [0.2, 0.25) is 5.96 Å². The van der Waals surface area contributed by atoms with Gasteiger partial charge in [0.1, 0.15) is 5.69 Å². The zero-order valence-corrected chi connectivity index (χ0v) is 13.2. The monoisotopic (exact) mass is 339 g/mol. The van der Waals surface area contributed by atoms with Gasteiger partial charge in [0, 0.05) is 12.7 Å². The molecule has 2 aromatic rings.